The van der Waals surface area contributed by atoms with E-state index in [9.17, 15) is 17.6 Å². The Hall–Kier alpha value is -1.30. The van der Waals surface area contributed by atoms with Crippen LogP contribution in [0.1, 0.15) is 24.8 Å². The summed E-state index contributed by atoms with van der Waals surface area (Å²) in [4.78, 5) is 1.58. The van der Waals surface area contributed by atoms with Crippen LogP contribution < -0.4 is 4.90 Å². The maximum Gasteiger partial charge on any atom is 0.416 e. The molecule has 0 atom stereocenters. The van der Waals surface area contributed by atoms with Gasteiger partial charge in [-0.1, -0.05) is 0 Å². The summed E-state index contributed by atoms with van der Waals surface area (Å²) in [7, 11) is 1.63. The summed E-state index contributed by atoms with van der Waals surface area (Å²) >= 11 is 0. The first kappa shape index (κ1) is 15.8. The fourth-order valence-corrected chi connectivity index (χ4v) is 1.75. The summed E-state index contributed by atoms with van der Waals surface area (Å²) in [6, 6.07) is 2.53. The van der Waals surface area contributed by atoms with Crippen LogP contribution in [0.2, 0.25) is 0 Å². The Balaban J connectivity index is 2.68. The zero-order chi connectivity index (χ0) is 14.5. The molecule has 6 heteroatoms. The highest BCUT2D eigenvalue weighted by molar-refractivity contribution is 5.48. The van der Waals surface area contributed by atoms with Crippen molar-refractivity contribution >= 4 is 5.69 Å². The van der Waals surface area contributed by atoms with Gasteiger partial charge in [-0.15, -0.1) is 0 Å². The van der Waals surface area contributed by atoms with Crippen LogP contribution in [0.3, 0.4) is 0 Å². The van der Waals surface area contributed by atoms with Crippen LogP contribution in [0.25, 0.3) is 0 Å². The number of halogens is 4. The van der Waals surface area contributed by atoms with E-state index in [1.807, 2.05) is 0 Å². The Labute approximate surface area is 109 Å². The zero-order valence-electron chi connectivity index (χ0n) is 10.7. The highest BCUT2D eigenvalue weighted by atomic mass is 19.4. The second-order valence-corrected chi connectivity index (χ2v) is 4.37. The third-order valence-corrected chi connectivity index (χ3v) is 2.84. The molecular weight excluding hydrogens is 262 g/mol. The fourth-order valence-electron chi connectivity index (χ4n) is 1.75. The van der Waals surface area contributed by atoms with Crippen LogP contribution in [0.5, 0.6) is 0 Å². The molecule has 0 aliphatic rings. The average Bonchev–Trinajstić information content (AvgIpc) is 2.33. The quantitative estimate of drug-likeness (QED) is 0.637. The first-order valence-corrected chi connectivity index (χ1v) is 6.05. The third kappa shape index (κ3) is 4.70. The molecule has 0 bridgehead atoms. The Bertz CT molecular complexity index is 406. The second kappa shape index (κ2) is 6.75. The number of anilines is 1. The molecule has 1 rings (SSSR count). The van der Waals surface area contributed by atoms with Gasteiger partial charge in [0.15, 0.2) is 0 Å². The van der Waals surface area contributed by atoms with Gasteiger partial charge in [0.2, 0.25) is 0 Å². The van der Waals surface area contributed by atoms with Gasteiger partial charge in [-0.25, -0.2) is 4.39 Å². The first-order chi connectivity index (χ1) is 8.86. The number of rotatable bonds is 6. The summed E-state index contributed by atoms with van der Waals surface area (Å²) in [6.45, 7) is 0.640. The lowest BCUT2D eigenvalue weighted by Crippen LogP contribution is -2.20. The largest absolute Gasteiger partial charge is 0.416 e. The normalized spacial score (nSPS) is 11.7. The summed E-state index contributed by atoms with van der Waals surface area (Å²) in [6.07, 6.45) is -2.32. The molecule has 0 saturated carbocycles. The number of nitrogens with zero attached hydrogens (tertiary/aromatic N) is 1. The standard InChI is InChI=1S/C13H17F4NO/c1-18(7-3-2-4-8-19)12-6-5-10(9-11(12)14)13(15,16)17/h5-6,9,19H,2-4,7-8H2,1H3. The summed E-state index contributed by atoms with van der Waals surface area (Å²) in [5.41, 5.74) is -0.834. The molecule has 0 saturated heterocycles. The molecule has 0 radical (unpaired) electrons. The first-order valence-electron chi connectivity index (χ1n) is 6.05. The maximum absolute atomic E-state index is 13.6. The average molecular weight is 279 g/mol. The van der Waals surface area contributed by atoms with Crippen molar-refractivity contribution in [3.63, 3.8) is 0 Å². The predicted octanol–water partition coefficient (Wildman–Crippen LogP) is 3.44. The van der Waals surface area contributed by atoms with Crippen molar-refractivity contribution in [1.29, 1.82) is 0 Å². The van der Waals surface area contributed by atoms with Gasteiger partial charge in [-0.3, -0.25) is 0 Å². The molecule has 0 aliphatic heterocycles. The Morgan fingerprint density at radius 1 is 1.16 bits per heavy atom. The summed E-state index contributed by atoms with van der Waals surface area (Å²) in [5.74, 6) is -0.875. The van der Waals surface area contributed by atoms with Gasteiger partial charge in [0.25, 0.3) is 0 Å². The maximum atomic E-state index is 13.6. The highest BCUT2D eigenvalue weighted by Crippen LogP contribution is 2.32. The van der Waals surface area contributed by atoms with Crippen molar-refractivity contribution in [3.8, 4) is 0 Å². The van der Waals surface area contributed by atoms with Gasteiger partial charge in [0, 0.05) is 20.2 Å². The van der Waals surface area contributed by atoms with Gasteiger partial charge < -0.3 is 10.0 Å². The number of aliphatic hydroxyl groups is 1. The van der Waals surface area contributed by atoms with Gasteiger partial charge in [-0.2, -0.15) is 13.2 Å². The van der Waals surface area contributed by atoms with Gasteiger partial charge in [0.1, 0.15) is 5.82 Å². The van der Waals surface area contributed by atoms with Crippen molar-refractivity contribution in [2.24, 2.45) is 0 Å². The lowest BCUT2D eigenvalue weighted by atomic mass is 10.1. The number of benzene rings is 1. The molecule has 0 amide bonds. The molecule has 0 aliphatic carbocycles. The minimum Gasteiger partial charge on any atom is -0.396 e. The summed E-state index contributed by atoms with van der Waals surface area (Å²) in [5, 5.41) is 8.62. The number of alkyl halides is 3. The SMILES string of the molecule is CN(CCCCCO)c1ccc(C(F)(F)F)cc1F. The molecule has 0 heterocycles. The third-order valence-electron chi connectivity index (χ3n) is 2.84. The minimum atomic E-state index is -4.53. The van der Waals surface area contributed by atoms with E-state index >= 15 is 0 Å². The second-order valence-electron chi connectivity index (χ2n) is 4.37. The molecular formula is C13H17F4NO. The van der Waals surface area contributed by atoms with E-state index < -0.39 is 17.6 Å². The van der Waals surface area contributed by atoms with Gasteiger partial charge in [0.05, 0.1) is 11.3 Å². The molecule has 0 aromatic heterocycles. The van der Waals surface area contributed by atoms with E-state index in [1.165, 1.54) is 0 Å². The molecule has 0 unspecified atom stereocenters. The molecule has 1 N–H and O–H groups in total. The lowest BCUT2D eigenvalue weighted by Gasteiger charge is -2.20. The molecule has 19 heavy (non-hydrogen) atoms. The van der Waals surface area contributed by atoms with Crippen molar-refractivity contribution in [3.05, 3.63) is 29.6 Å². The van der Waals surface area contributed by atoms with E-state index in [1.54, 1.807) is 11.9 Å². The molecule has 1 aromatic rings. The van der Waals surface area contributed by atoms with Crippen molar-refractivity contribution < 1.29 is 22.7 Å². The Morgan fingerprint density at radius 2 is 1.84 bits per heavy atom. The topological polar surface area (TPSA) is 23.5 Å². The Morgan fingerprint density at radius 3 is 2.37 bits per heavy atom. The molecule has 0 fully saturated rings. The van der Waals surface area contributed by atoms with E-state index in [-0.39, 0.29) is 12.3 Å². The van der Waals surface area contributed by atoms with Gasteiger partial charge >= 0.3 is 6.18 Å². The molecule has 0 spiro atoms. The fraction of sp³-hybridized carbons (Fsp3) is 0.538. The monoisotopic (exact) mass is 279 g/mol. The zero-order valence-corrected chi connectivity index (χ0v) is 10.7. The number of aliphatic hydroxyl groups excluding tert-OH is 1. The van der Waals surface area contributed by atoms with Crippen LogP contribution in [0.15, 0.2) is 18.2 Å². The predicted molar refractivity (Wildman–Crippen MR) is 65.6 cm³/mol. The van der Waals surface area contributed by atoms with Crippen LogP contribution in [0, 0.1) is 5.82 Å². The Kier molecular flexibility index (Phi) is 5.60. The highest BCUT2D eigenvalue weighted by Gasteiger charge is 2.31. The van der Waals surface area contributed by atoms with Gasteiger partial charge in [-0.05, 0) is 37.5 Å². The van der Waals surface area contributed by atoms with E-state index in [4.69, 9.17) is 5.11 Å². The van der Waals surface area contributed by atoms with E-state index in [0.29, 0.717) is 19.0 Å². The van der Waals surface area contributed by atoms with Crippen LogP contribution >= 0.6 is 0 Å². The van der Waals surface area contributed by atoms with Crippen LogP contribution in [0.4, 0.5) is 23.2 Å². The van der Waals surface area contributed by atoms with E-state index in [0.717, 1.165) is 25.0 Å². The van der Waals surface area contributed by atoms with Crippen molar-refractivity contribution in [2.75, 3.05) is 25.1 Å². The van der Waals surface area contributed by atoms with Crippen molar-refractivity contribution in [1.82, 2.24) is 0 Å². The lowest BCUT2D eigenvalue weighted by molar-refractivity contribution is -0.137. The van der Waals surface area contributed by atoms with E-state index in [2.05, 4.69) is 0 Å². The number of hydrogen-bond donors (Lipinski definition) is 1. The smallest absolute Gasteiger partial charge is 0.396 e. The summed E-state index contributed by atoms with van der Waals surface area (Å²) < 4.78 is 50.8. The number of unbranched alkanes of at least 4 members (excludes halogenated alkanes) is 2. The minimum absolute atomic E-state index is 0.109. The van der Waals surface area contributed by atoms with Crippen LogP contribution in [-0.4, -0.2) is 25.3 Å². The molecule has 1 aromatic carbocycles. The molecule has 108 valence electrons. The van der Waals surface area contributed by atoms with Crippen molar-refractivity contribution in [2.45, 2.75) is 25.4 Å². The molecule has 2 nitrogen and oxygen atoms in total. The van der Waals surface area contributed by atoms with Crippen LogP contribution in [-0.2, 0) is 6.18 Å². The number of hydrogen-bond acceptors (Lipinski definition) is 2.